The van der Waals surface area contributed by atoms with Crippen LogP contribution < -0.4 is 0 Å². The topological polar surface area (TPSA) is 25.8 Å². The number of benzene rings is 2. The van der Waals surface area contributed by atoms with Gasteiger partial charge in [-0.2, -0.15) is 0 Å². The molecule has 2 heteroatoms. The van der Waals surface area contributed by atoms with Gasteiger partial charge in [-0.1, -0.05) is 114 Å². The summed E-state index contributed by atoms with van der Waals surface area (Å²) in [5.41, 5.74) is 8.84. The minimum atomic E-state index is 0.939. The first-order valence-corrected chi connectivity index (χ1v) is 13.0. The average Bonchev–Trinajstić information content (AvgIpc) is 3.21. The van der Waals surface area contributed by atoms with Gasteiger partial charge in [-0.3, -0.25) is 9.97 Å². The quantitative estimate of drug-likeness (QED) is 0.276. The van der Waals surface area contributed by atoms with Gasteiger partial charge < -0.3 is 0 Å². The predicted octanol–water partition coefficient (Wildman–Crippen LogP) is 10.0. The number of rotatable bonds is 2. The van der Waals surface area contributed by atoms with Crippen LogP contribution in [0.15, 0.2) is 85.0 Å². The van der Waals surface area contributed by atoms with Gasteiger partial charge >= 0.3 is 0 Å². The fourth-order valence-corrected chi connectivity index (χ4v) is 4.11. The van der Waals surface area contributed by atoms with E-state index in [2.05, 4.69) is 98.8 Å². The molecule has 1 aliphatic carbocycles. The van der Waals surface area contributed by atoms with Crippen molar-refractivity contribution in [1.29, 1.82) is 0 Å². The molecule has 0 N–H and O–H groups in total. The zero-order chi connectivity index (χ0) is 25.8. The predicted molar refractivity (Wildman–Crippen MR) is 157 cm³/mol. The molecule has 0 bridgehead atoms. The van der Waals surface area contributed by atoms with E-state index >= 15 is 0 Å². The van der Waals surface area contributed by atoms with E-state index in [9.17, 15) is 0 Å². The average molecular weight is 465 g/mol. The molecule has 0 saturated heterocycles. The molecule has 182 valence electrons. The van der Waals surface area contributed by atoms with E-state index in [1.54, 1.807) is 0 Å². The van der Waals surface area contributed by atoms with Crippen molar-refractivity contribution in [2.45, 2.75) is 61.8 Å². The molecule has 1 aliphatic rings. The van der Waals surface area contributed by atoms with Crippen molar-refractivity contribution in [2.75, 3.05) is 0 Å². The number of hydrogen-bond donors (Lipinski definition) is 0. The lowest BCUT2D eigenvalue weighted by Crippen LogP contribution is -1.96. The van der Waals surface area contributed by atoms with E-state index in [1.165, 1.54) is 22.3 Å². The SMILES string of the molecule is CC.CC.CC.Cc1cc(C2=CCC=CC=C2)c2ccc3c(-c4ccccc4)cc(C)nc3c2n1. The maximum atomic E-state index is 4.93. The van der Waals surface area contributed by atoms with E-state index in [0.717, 1.165) is 39.6 Å². The number of aryl methyl sites for hydroxylation is 2. The highest BCUT2D eigenvalue weighted by molar-refractivity contribution is 6.11. The van der Waals surface area contributed by atoms with Crippen LogP contribution in [0.5, 0.6) is 0 Å². The Balaban J connectivity index is 0.000000671. The third-order valence-electron chi connectivity index (χ3n) is 5.41. The van der Waals surface area contributed by atoms with Crippen molar-refractivity contribution in [2.24, 2.45) is 0 Å². The number of pyridine rings is 2. The van der Waals surface area contributed by atoms with Crippen molar-refractivity contribution in [1.82, 2.24) is 9.97 Å². The highest BCUT2D eigenvalue weighted by Gasteiger charge is 2.14. The molecule has 0 aliphatic heterocycles. The van der Waals surface area contributed by atoms with Crippen LogP contribution >= 0.6 is 0 Å². The van der Waals surface area contributed by atoms with Crippen LogP contribution in [-0.4, -0.2) is 9.97 Å². The van der Waals surface area contributed by atoms with Gasteiger partial charge in [0, 0.05) is 22.2 Å². The van der Waals surface area contributed by atoms with Crippen molar-refractivity contribution >= 4 is 27.4 Å². The molecule has 0 fully saturated rings. The van der Waals surface area contributed by atoms with Crippen LogP contribution in [-0.2, 0) is 0 Å². The van der Waals surface area contributed by atoms with Crippen molar-refractivity contribution in [3.8, 4) is 11.1 Å². The zero-order valence-electron chi connectivity index (χ0n) is 22.7. The Morgan fingerprint density at radius 3 is 1.77 bits per heavy atom. The first kappa shape index (κ1) is 27.7. The molecule has 5 rings (SSSR count). The standard InChI is InChI=1S/C27H22N2.3C2H6/c1-18-16-24(20-10-6-3-4-7-11-20)22-14-15-23-25(21-12-8-5-9-13-21)17-19(2)29-27(23)26(22)28-18;3*1-2/h3-6,8-17H,7H2,1-2H3;3*1-2H3. The Morgan fingerprint density at radius 1 is 0.629 bits per heavy atom. The second kappa shape index (κ2) is 14.0. The molecule has 0 radical (unpaired) electrons. The van der Waals surface area contributed by atoms with Gasteiger partial charge in [-0.15, -0.1) is 0 Å². The molecule has 0 amide bonds. The molecule has 0 unspecified atom stereocenters. The number of hydrogen-bond acceptors (Lipinski definition) is 2. The Labute approximate surface area is 212 Å². The van der Waals surface area contributed by atoms with E-state index in [1.807, 2.05) is 41.5 Å². The Hall–Kier alpha value is -3.52. The Morgan fingerprint density at radius 2 is 1.17 bits per heavy atom. The fraction of sp³-hybridized carbons (Fsp3) is 0.273. The van der Waals surface area contributed by atoms with Crippen LogP contribution in [0.3, 0.4) is 0 Å². The second-order valence-electron chi connectivity index (χ2n) is 7.53. The normalized spacial score (nSPS) is 11.8. The molecule has 0 atom stereocenters. The summed E-state index contributed by atoms with van der Waals surface area (Å²) in [7, 11) is 0. The third kappa shape index (κ3) is 6.33. The molecular formula is C33H40N2. The summed E-state index contributed by atoms with van der Waals surface area (Å²) >= 11 is 0. The Kier molecular flexibility index (Phi) is 11.1. The first-order chi connectivity index (χ1) is 17.2. The second-order valence-corrected chi connectivity index (χ2v) is 7.53. The summed E-state index contributed by atoms with van der Waals surface area (Å²) in [5, 5.41) is 2.29. The van der Waals surface area contributed by atoms with Crippen LogP contribution in [0.4, 0.5) is 0 Å². The number of allylic oxidation sites excluding steroid dienone is 6. The molecule has 0 saturated carbocycles. The minimum absolute atomic E-state index is 0.939. The summed E-state index contributed by atoms with van der Waals surface area (Å²) in [6.45, 7) is 16.1. The number of aromatic nitrogens is 2. The van der Waals surface area contributed by atoms with E-state index < -0.39 is 0 Å². The van der Waals surface area contributed by atoms with E-state index in [-0.39, 0.29) is 0 Å². The van der Waals surface area contributed by atoms with Gasteiger partial charge in [-0.05, 0) is 54.7 Å². The van der Waals surface area contributed by atoms with Crippen molar-refractivity contribution in [3.05, 3.63) is 102 Å². The van der Waals surface area contributed by atoms with Crippen LogP contribution in [0.1, 0.15) is 64.9 Å². The van der Waals surface area contributed by atoms with Gasteiger partial charge in [0.15, 0.2) is 0 Å². The lowest BCUT2D eigenvalue weighted by molar-refractivity contribution is 1.22. The third-order valence-corrected chi connectivity index (χ3v) is 5.41. The zero-order valence-corrected chi connectivity index (χ0v) is 22.7. The number of fused-ring (bicyclic) bond motifs is 3. The van der Waals surface area contributed by atoms with E-state index in [0.29, 0.717) is 0 Å². The largest absolute Gasteiger partial charge is 0.251 e. The summed E-state index contributed by atoms with van der Waals surface area (Å²) in [6, 6.07) is 19.3. The summed E-state index contributed by atoms with van der Waals surface area (Å²) < 4.78 is 0. The maximum Gasteiger partial charge on any atom is 0.0974 e. The smallest absolute Gasteiger partial charge is 0.0974 e. The molecule has 2 aromatic carbocycles. The van der Waals surface area contributed by atoms with Crippen LogP contribution in [0, 0.1) is 13.8 Å². The maximum absolute atomic E-state index is 4.93. The van der Waals surface area contributed by atoms with Gasteiger partial charge in [0.2, 0.25) is 0 Å². The lowest BCUT2D eigenvalue weighted by Gasteiger charge is -2.14. The van der Waals surface area contributed by atoms with Crippen molar-refractivity contribution in [3.63, 3.8) is 0 Å². The van der Waals surface area contributed by atoms with Gasteiger partial charge in [-0.25, -0.2) is 0 Å². The van der Waals surface area contributed by atoms with Crippen molar-refractivity contribution < 1.29 is 0 Å². The minimum Gasteiger partial charge on any atom is -0.251 e. The highest BCUT2D eigenvalue weighted by Crippen LogP contribution is 2.35. The summed E-state index contributed by atoms with van der Waals surface area (Å²) in [4.78, 5) is 9.85. The molecule has 2 aromatic heterocycles. The first-order valence-electron chi connectivity index (χ1n) is 13.0. The monoisotopic (exact) mass is 464 g/mol. The molecule has 35 heavy (non-hydrogen) atoms. The van der Waals surface area contributed by atoms with Gasteiger partial charge in [0.25, 0.3) is 0 Å². The summed E-state index contributed by atoms with van der Waals surface area (Å²) in [5.74, 6) is 0. The Bertz CT molecular complexity index is 1330. The van der Waals surface area contributed by atoms with E-state index in [4.69, 9.17) is 9.97 Å². The van der Waals surface area contributed by atoms with Crippen LogP contribution in [0.25, 0.3) is 38.5 Å². The highest BCUT2D eigenvalue weighted by atomic mass is 14.8. The molecule has 0 spiro atoms. The fourth-order valence-electron chi connectivity index (χ4n) is 4.11. The molecule has 2 heterocycles. The summed E-state index contributed by atoms with van der Waals surface area (Å²) in [6.07, 6.45) is 11.8. The van der Waals surface area contributed by atoms with Gasteiger partial charge in [0.1, 0.15) is 0 Å². The molecular weight excluding hydrogens is 424 g/mol. The number of nitrogens with zero attached hydrogens (tertiary/aromatic N) is 2. The molecule has 4 aromatic rings. The molecule has 2 nitrogen and oxygen atoms in total. The lowest BCUT2D eigenvalue weighted by atomic mass is 9.95. The van der Waals surface area contributed by atoms with Crippen LogP contribution in [0.2, 0.25) is 0 Å². The van der Waals surface area contributed by atoms with Gasteiger partial charge in [0.05, 0.1) is 11.0 Å².